The molecule has 1 saturated heterocycles. The van der Waals surface area contributed by atoms with Gasteiger partial charge in [-0.15, -0.1) is 0 Å². The van der Waals surface area contributed by atoms with Gasteiger partial charge in [-0.05, 0) is 25.3 Å². The maximum Gasteiger partial charge on any atom is 0.0707 e. The van der Waals surface area contributed by atoms with Crippen molar-refractivity contribution in [3.63, 3.8) is 0 Å². The van der Waals surface area contributed by atoms with Crippen LogP contribution >= 0.6 is 0 Å². The molecule has 1 aliphatic heterocycles. The summed E-state index contributed by atoms with van der Waals surface area (Å²) in [5, 5.41) is 3.47. The minimum Gasteiger partial charge on any atom is -0.372 e. The van der Waals surface area contributed by atoms with Gasteiger partial charge in [-0.2, -0.15) is 0 Å². The van der Waals surface area contributed by atoms with Gasteiger partial charge in [-0.1, -0.05) is 34.6 Å². The predicted octanol–water partition coefficient (Wildman–Crippen LogP) is 2.51. The molecule has 1 aliphatic rings. The second-order valence-electron chi connectivity index (χ2n) is 6.27. The highest BCUT2D eigenvalue weighted by Gasteiger charge is 2.26. The molecule has 0 aromatic carbocycles. The van der Waals surface area contributed by atoms with Crippen molar-refractivity contribution >= 4 is 0 Å². The van der Waals surface area contributed by atoms with E-state index in [-0.39, 0.29) is 0 Å². The highest BCUT2D eigenvalue weighted by molar-refractivity contribution is 4.78. The first-order valence-electron chi connectivity index (χ1n) is 7.62. The van der Waals surface area contributed by atoms with E-state index in [0.29, 0.717) is 18.2 Å². The Hall–Kier alpha value is -0.120. The number of nitrogens with zero attached hydrogens (tertiary/aromatic N) is 1. The summed E-state index contributed by atoms with van der Waals surface area (Å²) < 4.78 is 6.12. The highest BCUT2D eigenvalue weighted by atomic mass is 16.5. The first-order valence-corrected chi connectivity index (χ1v) is 7.62. The first kappa shape index (κ1) is 15.9. The fourth-order valence-corrected chi connectivity index (χ4v) is 2.57. The third-order valence-electron chi connectivity index (χ3n) is 3.48. The van der Waals surface area contributed by atoms with Crippen LogP contribution in [0.3, 0.4) is 0 Å². The Morgan fingerprint density at radius 2 is 1.83 bits per heavy atom. The molecule has 1 fully saturated rings. The molecule has 0 saturated carbocycles. The van der Waals surface area contributed by atoms with Gasteiger partial charge >= 0.3 is 0 Å². The van der Waals surface area contributed by atoms with E-state index in [2.05, 4.69) is 44.8 Å². The molecular formula is C15H32N2O. The van der Waals surface area contributed by atoms with E-state index in [1.807, 2.05) is 0 Å². The van der Waals surface area contributed by atoms with Gasteiger partial charge in [0.2, 0.25) is 0 Å². The molecule has 1 heterocycles. The second kappa shape index (κ2) is 8.13. The normalized spacial score (nSPS) is 24.7. The average molecular weight is 256 g/mol. The number of ether oxygens (including phenoxy) is 1. The lowest BCUT2D eigenvalue weighted by molar-refractivity contribution is 0.0216. The zero-order valence-electron chi connectivity index (χ0n) is 12.9. The highest BCUT2D eigenvalue weighted by Crippen LogP contribution is 2.20. The van der Waals surface area contributed by atoms with Gasteiger partial charge in [0.05, 0.1) is 12.2 Å². The lowest BCUT2D eigenvalue weighted by Crippen LogP contribution is -2.36. The maximum absolute atomic E-state index is 6.12. The second-order valence-corrected chi connectivity index (χ2v) is 6.27. The molecule has 18 heavy (non-hydrogen) atoms. The average Bonchev–Trinajstić information content (AvgIpc) is 2.72. The Morgan fingerprint density at radius 3 is 2.39 bits per heavy atom. The van der Waals surface area contributed by atoms with Crippen molar-refractivity contribution in [2.75, 3.05) is 26.2 Å². The van der Waals surface area contributed by atoms with Crippen molar-refractivity contribution < 1.29 is 4.74 Å². The van der Waals surface area contributed by atoms with Gasteiger partial charge in [-0.25, -0.2) is 0 Å². The summed E-state index contributed by atoms with van der Waals surface area (Å²) in [7, 11) is 0. The largest absolute Gasteiger partial charge is 0.372 e. The van der Waals surface area contributed by atoms with E-state index < -0.39 is 0 Å². The fourth-order valence-electron chi connectivity index (χ4n) is 2.57. The molecule has 0 amide bonds. The monoisotopic (exact) mass is 256 g/mol. The van der Waals surface area contributed by atoms with Crippen LogP contribution in [0.2, 0.25) is 0 Å². The molecule has 3 nitrogen and oxygen atoms in total. The van der Waals surface area contributed by atoms with Crippen LogP contribution in [-0.2, 0) is 4.74 Å². The summed E-state index contributed by atoms with van der Waals surface area (Å²) in [6, 6.07) is 0.556. The fraction of sp³-hybridized carbons (Fsp3) is 1.00. The zero-order chi connectivity index (χ0) is 13.5. The lowest BCUT2D eigenvalue weighted by Gasteiger charge is -2.26. The Bertz CT molecular complexity index is 219. The standard InChI is InChI=1S/C15H32N2O/c1-6-17(10-12(2)3)11-15-8-7-14(18-15)9-16-13(4)5/h12-16H,6-11H2,1-5H3. The van der Waals surface area contributed by atoms with Crippen LogP contribution in [0, 0.1) is 5.92 Å². The molecule has 0 spiro atoms. The quantitative estimate of drug-likeness (QED) is 0.722. The summed E-state index contributed by atoms with van der Waals surface area (Å²) in [5.41, 5.74) is 0. The summed E-state index contributed by atoms with van der Waals surface area (Å²) in [5.74, 6) is 0.741. The first-order chi connectivity index (χ1) is 8.51. The van der Waals surface area contributed by atoms with Crippen molar-refractivity contribution in [1.29, 1.82) is 0 Å². The number of nitrogens with one attached hydrogen (secondary N) is 1. The molecule has 1 rings (SSSR count). The van der Waals surface area contributed by atoms with Crippen LogP contribution in [0.4, 0.5) is 0 Å². The Labute approximate surface area is 113 Å². The summed E-state index contributed by atoms with van der Waals surface area (Å²) in [4.78, 5) is 2.52. The minimum absolute atomic E-state index is 0.426. The SMILES string of the molecule is CCN(CC(C)C)CC1CCC(CNC(C)C)O1. The van der Waals surface area contributed by atoms with Crippen LogP contribution < -0.4 is 5.32 Å². The number of hydrogen-bond acceptors (Lipinski definition) is 3. The van der Waals surface area contributed by atoms with Crippen LogP contribution in [0.1, 0.15) is 47.5 Å². The molecule has 0 bridgehead atoms. The Kier molecular flexibility index (Phi) is 7.20. The van der Waals surface area contributed by atoms with E-state index in [1.165, 1.54) is 19.4 Å². The number of rotatable bonds is 8. The van der Waals surface area contributed by atoms with Crippen LogP contribution in [0.15, 0.2) is 0 Å². The summed E-state index contributed by atoms with van der Waals surface area (Å²) >= 11 is 0. The molecule has 0 aromatic heterocycles. The van der Waals surface area contributed by atoms with Crippen molar-refractivity contribution in [2.24, 2.45) is 5.92 Å². The molecule has 3 heteroatoms. The van der Waals surface area contributed by atoms with Crippen molar-refractivity contribution in [1.82, 2.24) is 10.2 Å². The molecule has 108 valence electrons. The van der Waals surface area contributed by atoms with Crippen LogP contribution in [0.5, 0.6) is 0 Å². The van der Waals surface area contributed by atoms with Gasteiger partial charge in [0.25, 0.3) is 0 Å². The molecule has 0 radical (unpaired) electrons. The van der Waals surface area contributed by atoms with Gasteiger partial charge in [0.1, 0.15) is 0 Å². The number of hydrogen-bond donors (Lipinski definition) is 1. The molecule has 0 aromatic rings. The molecule has 0 aliphatic carbocycles. The molecule has 2 atom stereocenters. The van der Waals surface area contributed by atoms with Crippen LogP contribution in [0.25, 0.3) is 0 Å². The summed E-state index contributed by atoms with van der Waals surface area (Å²) in [6.07, 6.45) is 3.31. The van der Waals surface area contributed by atoms with E-state index in [0.717, 1.165) is 25.6 Å². The lowest BCUT2D eigenvalue weighted by atomic mass is 10.1. The molecule has 1 N–H and O–H groups in total. The van der Waals surface area contributed by atoms with E-state index in [4.69, 9.17) is 4.74 Å². The summed E-state index contributed by atoms with van der Waals surface area (Å²) in [6.45, 7) is 15.6. The Balaban J connectivity index is 2.24. The van der Waals surface area contributed by atoms with Gasteiger partial charge in [0.15, 0.2) is 0 Å². The van der Waals surface area contributed by atoms with Crippen molar-refractivity contribution in [3.8, 4) is 0 Å². The maximum atomic E-state index is 6.12. The predicted molar refractivity (Wildman–Crippen MR) is 78.0 cm³/mol. The van der Waals surface area contributed by atoms with Gasteiger partial charge in [-0.3, -0.25) is 0 Å². The van der Waals surface area contributed by atoms with E-state index in [9.17, 15) is 0 Å². The van der Waals surface area contributed by atoms with Crippen molar-refractivity contribution in [2.45, 2.75) is 65.7 Å². The van der Waals surface area contributed by atoms with Crippen LogP contribution in [-0.4, -0.2) is 49.3 Å². The smallest absolute Gasteiger partial charge is 0.0707 e. The Morgan fingerprint density at radius 1 is 1.17 bits per heavy atom. The van der Waals surface area contributed by atoms with E-state index >= 15 is 0 Å². The van der Waals surface area contributed by atoms with Gasteiger partial charge < -0.3 is 15.0 Å². The minimum atomic E-state index is 0.426. The molecular weight excluding hydrogens is 224 g/mol. The van der Waals surface area contributed by atoms with Gasteiger partial charge in [0, 0.05) is 25.7 Å². The van der Waals surface area contributed by atoms with Crippen molar-refractivity contribution in [3.05, 3.63) is 0 Å². The van der Waals surface area contributed by atoms with E-state index in [1.54, 1.807) is 0 Å². The molecule has 2 unspecified atom stereocenters. The third-order valence-corrected chi connectivity index (χ3v) is 3.48. The zero-order valence-corrected chi connectivity index (χ0v) is 12.9. The topological polar surface area (TPSA) is 24.5 Å². The third kappa shape index (κ3) is 6.17. The number of likely N-dealkylation sites (N-methyl/N-ethyl adjacent to an activating group) is 1.